The molecule has 7 heteroatoms. The summed E-state index contributed by atoms with van der Waals surface area (Å²) in [6.07, 6.45) is -0.275. The van der Waals surface area contributed by atoms with Crippen molar-refractivity contribution in [3.05, 3.63) is 33.9 Å². The molecule has 116 valence electrons. The van der Waals surface area contributed by atoms with Gasteiger partial charge in [0.05, 0.1) is 14.2 Å². The Balaban J connectivity index is 2.14. The average Bonchev–Trinajstić information content (AvgIpc) is 2.54. The molecule has 1 aromatic rings. The zero-order valence-electron chi connectivity index (χ0n) is 12.3. The van der Waals surface area contributed by atoms with Gasteiger partial charge in [-0.05, 0) is 12.1 Å². The first kappa shape index (κ1) is 15.5. The van der Waals surface area contributed by atoms with E-state index in [1.54, 1.807) is 39.3 Å². The fourth-order valence-electron chi connectivity index (χ4n) is 2.18. The van der Waals surface area contributed by atoms with Crippen LogP contribution in [0, 0.1) is 10.1 Å². The number of benzene rings is 1. The largest absolute Gasteiger partial charge is 0.493 e. The van der Waals surface area contributed by atoms with Crippen molar-refractivity contribution in [2.75, 3.05) is 27.4 Å². The molecular weight excluding hydrogens is 278 g/mol. The van der Waals surface area contributed by atoms with Gasteiger partial charge in [-0.1, -0.05) is 13.0 Å². The standard InChI is InChI=1S/C14H19NO6/c1-4-14(15(16)17)8-20-13(21-9-14)10-5-6-11(18-2)12(7-10)19-3/h5-7,13H,4,8-9H2,1-3H3. The summed E-state index contributed by atoms with van der Waals surface area (Å²) in [5, 5.41) is 11.1. The number of ether oxygens (including phenoxy) is 4. The summed E-state index contributed by atoms with van der Waals surface area (Å²) >= 11 is 0. The number of methoxy groups -OCH3 is 2. The van der Waals surface area contributed by atoms with Gasteiger partial charge in [-0.15, -0.1) is 0 Å². The summed E-state index contributed by atoms with van der Waals surface area (Å²) in [5.41, 5.74) is -0.423. The molecule has 0 bridgehead atoms. The zero-order chi connectivity index (χ0) is 15.5. The molecule has 1 heterocycles. The minimum atomic E-state index is -1.16. The van der Waals surface area contributed by atoms with E-state index in [1.165, 1.54) is 0 Å². The third kappa shape index (κ3) is 2.93. The van der Waals surface area contributed by atoms with Gasteiger partial charge >= 0.3 is 0 Å². The van der Waals surface area contributed by atoms with Crippen molar-refractivity contribution in [1.82, 2.24) is 0 Å². The van der Waals surface area contributed by atoms with E-state index in [0.29, 0.717) is 17.9 Å². The number of rotatable bonds is 5. The van der Waals surface area contributed by atoms with Crippen molar-refractivity contribution >= 4 is 0 Å². The summed E-state index contributed by atoms with van der Waals surface area (Å²) in [5.74, 6) is 1.16. The molecule has 1 saturated heterocycles. The maximum absolute atomic E-state index is 11.1. The van der Waals surface area contributed by atoms with Gasteiger partial charge in [-0.3, -0.25) is 10.1 Å². The normalized spacial score (nSPS) is 25.4. The lowest BCUT2D eigenvalue weighted by atomic mass is 9.98. The van der Waals surface area contributed by atoms with Crippen molar-refractivity contribution in [3.8, 4) is 11.5 Å². The van der Waals surface area contributed by atoms with Crippen molar-refractivity contribution in [2.24, 2.45) is 0 Å². The van der Waals surface area contributed by atoms with Crippen LogP contribution in [0.25, 0.3) is 0 Å². The van der Waals surface area contributed by atoms with Gasteiger partial charge in [-0.2, -0.15) is 0 Å². The molecule has 2 rings (SSSR count). The van der Waals surface area contributed by atoms with Crippen molar-refractivity contribution < 1.29 is 23.9 Å². The van der Waals surface area contributed by atoms with E-state index in [2.05, 4.69) is 0 Å². The van der Waals surface area contributed by atoms with Crippen LogP contribution in [0.4, 0.5) is 0 Å². The van der Waals surface area contributed by atoms with Crippen LogP contribution in [-0.2, 0) is 9.47 Å². The first-order valence-electron chi connectivity index (χ1n) is 6.66. The van der Waals surface area contributed by atoms with E-state index >= 15 is 0 Å². The van der Waals surface area contributed by atoms with Crippen LogP contribution < -0.4 is 9.47 Å². The highest BCUT2D eigenvalue weighted by Gasteiger charge is 2.46. The molecular formula is C14H19NO6. The Morgan fingerprint density at radius 2 is 1.90 bits per heavy atom. The van der Waals surface area contributed by atoms with E-state index < -0.39 is 11.8 Å². The van der Waals surface area contributed by atoms with Crippen LogP contribution in [0.15, 0.2) is 18.2 Å². The molecule has 0 aliphatic carbocycles. The van der Waals surface area contributed by atoms with Crippen molar-refractivity contribution in [2.45, 2.75) is 25.2 Å². The van der Waals surface area contributed by atoms with Gasteiger partial charge in [0.1, 0.15) is 13.2 Å². The fraction of sp³-hybridized carbons (Fsp3) is 0.571. The van der Waals surface area contributed by atoms with Crippen LogP contribution in [0.1, 0.15) is 25.2 Å². The number of hydrogen-bond donors (Lipinski definition) is 0. The maximum atomic E-state index is 11.1. The monoisotopic (exact) mass is 297 g/mol. The first-order valence-corrected chi connectivity index (χ1v) is 6.66. The maximum Gasteiger partial charge on any atom is 0.267 e. The molecule has 0 amide bonds. The summed E-state index contributed by atoms with van der Waals surface area (Å²) in [4.78, 5) is 10.8. The molecule has 0 unspecified atom stereocenters. The SMILES string of the molecule is CCC1([N+](=O)[O-])COC(c2ccc(OC)c(OC)c2)OC1. The first-order chi connectivity index (χ1) is 10.1. The van der Waals surface area contributed by atoms with Crippen LogP contribution in [0.2, 0.25) is 0 Å². The molecule has 0 radical (unpaired) electrons. The van der Waals surface area contributed by atoms with Crippen molar-refractivity contribution in [3.63, 3.8) is 0 Å². The lowest BCUT2D eigenvalue weighted by Crippen LogP contribution is -2.50. The number of hydrogen-bond acceptors (Lipinski definition) is 6. The third-order valence-corrected chi connectivity index (χ3v) is 3.73. The zero-order valence-corrected chi connectivity index (χ0v) is 12.3. The highest BCUT2D eigenvalue weighted by Crippen LogP contribution is 2.35. The van der Waals surface area contributed by atoms with E-state index in [9.17, 15) is 10.1 Å². The van der Waals surface area contributed by atoms with Crippen LogP contribution in [0.5, 0.6) is 11.5 Å². The molecule has 0 N–H and O–H groups in total. The predicted molar refractivity (Wildman–Crippen MR) is 74.2 cm³/mol. The molecule has 0 atom stereocenters. The number of nitro groups is 1. The Hall–Kier alpha value is -1.86. The van der Waals surface area contributed by atoms with E-state index in [0.717, 1.165) is 5.56 Å². The van der Waals surface area contributed by atoms with Gasteiger partial charge < -0.3 is 18.9 Å². The van der Waals surface area contributed by atoms with E-state index in [1.807, 2.05) is 0 Å². The molecule has 1 fully saturated rings. The molecule has 1 aromatic carbocycles. The Morgan fingerprint density at radius 1 is 1.29 bits per heavy atom. The smallest absolute Gasteiger partial charge is 0.267 e. The minimum Gasteiger partial charge on any atom is -0.493 e. The molecule has 0 spiro atoms. The summed E-state index contributed by atoms with van der Waals surface area (Å²) < 4.78 is 21.5. The van der Waals surface area contributed by atoms with Crippen LogP contribution in [0.3, 0.4) is 0 Å². The lowest BCUT2D eigenvalue weighted by Gasteiger charge is -2.33. The van der Waals surface area contributed by atoms with Gasteiger partial charge in [0.25, 0.3) is 5.54 Å². The summed E-state index contributed by atoms with van der Waals surface area (Å²) in [6, 6.07) is 5.28. The van der Waals surface area contributed by atoms with Crippen LogP contribution >= 0.6 is 0 Å². The molecule has 1 aliphatic heterocycles. The van der Waals surface area contributed by atoms with E-state index in [-0.39, 0.29) is 18.1 Å². The van der Waals surface area contributed by atoms with Gasteiger partial charge in [0, 0.05) is 16.9 Å². The molecule has 7 nitrogen and oxygen atoms in total. The van der Waals surface area contributed by atoms with Gasteiger partial charge in [-0.25, -0.2) is 0 Å². The van der Waals surface area contributed by atoms with E-state index in [4.69, 9.17) is 18.9 Å². The van der Waals surface area contributed by atoms with Crippen molar-refractivity contribution in [1.29, 1.82) is 0 Å². The Kier molecular flexibility index (Phi) is 4.64. The molecule has 1 aliphatic rings. The Labute approximate surface area is 122 Å². The Bertz CT molecular complexity index is 510. The summed E-state index contributed by atoms with van der Waals surface area (Å²) in [7, 11) is 3.09. The molecule has 21 heavy (non-hydrogen) atoms. The second-order valence-electron chi connectivity index (χ2n) is 4.90. The fourth-order valence-corrected chi connectivity index (χ4v) is 2.18. The molecule has 0 saturated carbocycles. The number of nitrogens with zero attached hydrogens (tertiary/aromatic N) is 1. The molecule has 0 aromatic heterocycles. The average molecular weight is 297 g/mol. The lowest BCUT2D eigenvalue weighted by molar-refractivity contribution is -0.592. The van der Waals surface area contributed by atoms with Gasteiger partial charge in [0.2, 0.25) is 0 Å². The second-order valence-corrected chi connectivity index (χ2v) is 4.90. The second kappa shape index (κ2) is 6.28. The topological polar surface area (TPSA) is 80.1 Å². The highest BCUT2D eigenvalue weighted by atomic mass is 16.7. The predicted octanol–water partition coefficient (Wildman–Crippen LogP) is 2.17. The van der Waals surface area contributed by atoms with Gasteiger partial charge in [0.15, 0.2) is 17.8 Å². The highest BCUT2D eigenvalue weighted by molar-refractivity contribution is 5.43. The Morgan fingerprint density at radius 3 is 2.38 bits per heavy atom. The quantitative estimate of drug-likeness (QED) is 0.612. The minimum absolute atomic E-state index is 0.0233. The third-order valence-electron chi connectivity index (χ3n) is 3.73. The van der Waals surface area contributed by atoms with Crippen LogP contribution in [-0.4, -0.2) is 37.9 Å². The summed E-state index contributed by atoms with van der Waals surface area (Å²) in [6.45, 7) is 1.80.